The van der Waals surface area contributed by atoms with Crippen molar-refractivity contribution in [2.45, 2.75) is 25.2 Å². The lowest BCUT2D eigenvalue weighted by molar-refractivity contribution is 0.601. The van der Waals surface area contributed by atoms with Gasteiger partial charge >= 0.3 is 0 Å². The zero-order chi connectivity index (χ0) is 15.6. The van der Waals surface area contributed by atoms with Crippen LogP contribution in [0.25, 0.3) is 0 Å². The van der Waals surface area contributed by atoms with Crippen molar-refractivity contribution >= 4 is 37.3 Å². The van der Waals surface area contributed by atoms with Crippen LogP contribution in [0.4, 0.5) is 11.4 Å². The van der Waals surface area contributed by atoms with Gasteiger partial charge in [-0.15, -0.1) is 0 Å². The summed E-state index contributed by atoms with van der Waals surface area (Å²) in [6.45, 7) is 3.88. The number of aryl methyl sites for hydroxylation is 2. The number of hydrogen-bond donors (Lipinski definition) is 2. The van der Waals surface area contributed by atoms with E-state index in [2.05, 4.69) is 20.7 Å². The zero-order valence-corrected chi connectivity index (χ0v) is 14.3. The first-order valence-corrected chi connectivity index (χ1v) is 8.78. The summed E-state index contributed by atoms with van der Waals surface area (Å²) < 4.78 is 28.1. The van der Waals surface area contributed by atoms with Crippen molar-refractivity contribution in [3.63, 3.8) is 0 Å². The molecule has 0 aliphatic carbocycles. The summed E-state index contributed by atoms with van der Waals surface area (Å²) in [7, 11) is -3.66. The van der Waals surface area contributed by atoms with Gasteiger partial charge in [-0.2, -0.15) is 0 Å². The number of hydrogen-bond acceptors (Lipinski definition) is 3. The van der Waals surface area contributed by atoms with Gasteiger partial charge in [-0.25, -0.2) is 8.42 Å². The van der Waals surface area contributed by atoms with Crippen molar-refractivity contribution in [1.29, 1.82) is 0 Å². The minimum absolute atomic E-state index is 0.158. The van der Waals surface area contributed by atoms with Crippen LogP contribution >= 0.6 is 15.9 Å². The number of rotatable bonds is 4. The Bertz CT molecular complexity index is 773. The van der Waals surface area contributed by atoms with E-state index < -0.39 is 10.0 Å². The Labute approximate surface area is 133 Å². The Morgan fingerprint density at radius 2 is 1.90 bits per heavy atom. The average Bonchev–Trinajstić information content (AvgIpc) is 2.42. The molecule has 0 saturated heterocycles. The molecule has 3 N–H and O–H groups in total. The van der Waals surface area contributed by atoms with E-state index in [4.69, 9.17) is 5.73 Å². The average molecular weight is 369 g/mol. The molecular formula is C15H17BrN2O2S. The molecule has 2 aromatic rings. The molecule has 0 unspecified atom stereocenters. The zero-order valence-electron chi connectivity index (χ0n) is 11.9. The van der Waals surface area contributed by atoms with E-state index in [-0.39, 0.29) is 4.90 Å². The van der Waals surface area contributed by atoms with Crippen molar-refractivity contribution < 1.29 is 8.42 Å². The second-order valence-corrected chi connectivity index (χ2v) is 7.34. The number of anilines is 2. The molecule has 0 bridgehead atoms. The van der Waals surface area contributed by atoms with Crippen LogP contribution in [0.1, 0.15) is 18.1 Å². The molecule has 0 radical (unpaired) electrons. The predicted octanol–water partition coefficient (Wildman–Crippen LogP) is 3.70. The SMILES string of the molecule is CCc1ccc(S(=O)(=O)Nc2cc(C)ccc2Br)cc1N. The van der Waals surface area contributed by atoms with E-state index in [9.17, 15) is 8.42 Å². The number of nitrogen functional groups attached to an aromatic ring is 1. The second kappa shape index (κ2) is 6.07. The van der Waals surface area contributed by atoms with E-state index >= 15 is 0 Å². The van der Waals surface area contributed by atoms with Crippen molar-refractivity contribution in [2.75, 3.05) is 10.5 Å². The van der Waals surface area contributed by atoms with Gasteiger partial charge < -0.3 is 5.73 Å². The summed E-state index contributed by atoms with van der Waals surface area (Å²) in [5.74, 6) is 0. The molecule has 21 heavy (non-hydrogen) atoms. The number of nitrogens with two attached hydrogens (primary N) is 1. The highest BCUT2D eigenvalue weighted by atomic mass is 79.9. The molecular weight excluding hydrogens is 352 g/mol. The standard InChI is InChI=1S/C15H17BrN2O2S/c1-3-11-5-6-12(9-14(11)17)21(19,20)18-15-8-10(2)4-7-13(15)16/h4-9,18H,3,17H2,1-2H3. The monoisotopic (exact) mass is 368 g/mol. The van der Waals surface area contributed by atoms with Gasteiger partial charge in [-0.05, 0) is 64.7 Å². The summed E-state index contributed by atoms with van der Waals surface area (Å²) in [6.07, 6.45) is 0.767. The number of benzene rings is 2. The maximum atomic E-state index is 12.4. The fraction of sp³-hybridized carbons (Fsp3) is 0.200. The molecule has 2 rings (SSSR count). The Kier molecular flexibility index (Phi) is 4.58. The van der Waals surface area contributed by atoms with Crippen LogP contribution in [0.15, 0.2) is 45.8 Å². The number of nitrogens with one attached hydrogen (secondary N) is 1. The van der Waals surface area contributed by atoms with Gasteiger partial charge in [0.2, 0.25) is 0 Å². The summed E-state index contributed by atoms with van der Waals surface area (Å²) in [5, 5.41) is 0. The van der Waals surface area contributed by atoms with Crippen LogP contribution in [0.5, 0.6) is 0 Å². The highest BCUT2D eigenvalue weighted by Gasteiger charge is 2.16. The molecule has 0 aromatic heterocycles. The molecule has 0 heterocycles. The normalized spacial score (nSPS) is 11.4. The molecule has 4 nitrogen and oxygen atoms in total. The third kappa shape index (κ3) is 3.57. The summed E-state index contributed by atoms with van der Waals surface area (Å²) in [5.41, 5.74) is 8.78. The Morgan fingerprint density at radius 3 is 2.52 bits per heavy atom. The van der Waals surface area contributed by atoms with Crippen LogP contribution in [0.3, 0.4) is 0 Å². The van der Waals surface area contributed by atoms with E-state index in [0.717, 1.165) is 17.5 Å². The van der Waals surface area contributed by atoms with Gasteiger partial charge in [0.1, 0.15) is 0 Å². The first-order valence-electron chi connectivity index (χ1n) is 6.51. The first-order chi connectivity index (χ1) is 9.83. The predicted molar refractivity (Wildman–Crippen MR) is 89.9 cm³/mol. The van der Waals surface area contributed by atoms with E-state index in [1.807, 2.05) is 26.0 Å². The Morgan fingerprint density at radius 1 is 1.19 bits per heavy atom. The quantitative estimate of drug-likeness (QED) is 0.808. The topological polar surface area (TPSA) is 72.2 Å². The third-order valence-electron chi connectivity index (χ3n) is 3.17. The smallest absolute Gasteiger partial charge is 0.262 e. The molecule has 0 aliphatic rings. The maximum absolute atomic E-state index is 12.4. The van der Waals surface area contributed by atoms with Gasteiger partial charge in [0.05, 0.1) is 10.6 Å². The molecule has 6 heteroatoms. The summed E-state index contributed by atoms with van der Waals surface area (Å²) >= 11 is 3.34. The van der Waals surface area contributed by atoms with Crippen molar-refractivity contribution in [3.05, 3.63) is 52.0 Å². The van der Waals surface area contributed by atoms with Crippen molar-refractivity contribution in [1.82, 2.24) is 0 Å². The van der Waals surface area contributed by atoms with Gasteiger partial charge in [-0.1, -0.05) is 19.1 Å². The number of halogens is 1. The van der Waals surface area contributed by atoms with Crippen molar-refractivity contribution in [3.8, 4) is 0 Å². The van der Waals surface area contributed by atoms with Gasteiger partial charge in [0.15, 0.2) is 0 Å². The minimum atomic E-state index is -3.66. The van der Waals surface area contributed by atoms with Gasteiger partial charge in [0, 0.05) is 10.2 Å². The summed E-state index contributed by atoms with van der Waals surface area (Å²) in [6, 6.07) is 10.3. The molecule has 0 amide bonds. The lowest BCUT2D eigenvalue weighted by atomic mass is 10.1. The lowest BCUT2D eigenvalue weighted by Crippen LogP contribution is -2.14. The largest absolute Gasteiger partial charge is 0.398 e. The summed E-state index contributed by atoms with van der Waals surface area (Å²) in [4.78, 5) is 0.158. The molecule has 0 aliphatic heterocycles. The third-order valence-corrected chi connectivity index (χ3v) is 5.23. The van der Waals surface area contributed by atoms with E-state index in [1.54, 1.807) is 18.2 Å². The molecule has 0 saturated carbocycles. The molecule has 0 atom stereocenters. The minimum Gasteiger partial charge on any atom is -0.398 e. The maximum Gasteiger partial charge on any atom is 0.262 e. The van der Waals surface area contributed by atoms with Crippen LogP contribution < -0.4 is 10.5 Å². The van der Waals surface area contributed by atoms with Crippen LogP contribution in [-0.4, -0.2) is 8.42 Å². The van der Waals surface area contributed by atoms with E-state index in [1.165, 1.54) is 6.07 Å². The first kappa shape index (κ1) is 15.9. The number of sulfonamides is 1. The molecule has 2 aromatic carbocycles. The van der Waals surface area contributed by atoms with Crippen LogP contribution in [-0.2, 0) is 16.4 Å². The fourth-order valence-corrected chi connectivity index (χ4v) is 3.57. The molecule has 0 fully saturated rings. The highest BCUT2D eigenvalue weighted by molar-refractivity contribution is 9.10. The lowest BCUT2D eigenvalue weighted by Gasteiger charge is -2.12. The fourth-order valence-electron chi connectivity index (χ4n) is 1.98. The Hall–Kier alpha value is -1.53. The second-order valence-electron chi connectivity index (χ2n) is 4.80. The Balaban J connectivity index is 2.38. The van der Waals surface area contributed by atoms with Gasteiger partial charge in [-0.3, -0.25) is 4.72 Å². The van der Waals surface area contributed by atoms with Crippen molar-refractivity contribution in [2.24, 2.45) is 0 Å². The highest BCUT2D eigenvalue weighted by Crippen LogP contribution is 2.27. The molecule has 0 spiro atoms. The van der Waals surface area contributed by atoms with Crippen LogP contribution in [0.2, 0.25) is 0 Å². The van der Waals surface area contributed by atoms with Gasteiger partial charge in [0.25, 0.3) is 10.0 Å². The van der Waals surface area contributed by atoms with Crippen LogP contribution in [0, 0.1) is 6.92 Å². The van der Waals surface area contributed by atoms with E-state index in [0.29, 0.717) is 15.8 Å². The molecule has 112 valence electrons.